The number of nitrogens with zero attached hydrogens (tertiary/aromatic N) is 3. The highest BCUT2D eigenvalue weighted by Gasteiger charge is 2.06. The molecule has 0 aliphatic carbocycles. The van der Waals surface area contributed by atoms with Crippen LogP contribution in [0.1, 0.15) is 12.1 Å². The average Bonchev–Trinajstić information content (AvgIpc) is 2.83. The smallest absolute Gasteiger partial charge is 0.207 e. The highest BCUT2D eigenvalue weighted by molar-refractivity contribution is 5.43. The second-order valence-electron chi connectivity index (χ2n) is 4.00. The molecule has 0 amide bonds. The molecule has 1 N–H and O–H groups in total. The van der Waals surface area contributed by atoms with E-state index >= 15 is 0 Å². The fourth-order valence-corrected chi connectivity index (χ4v) is 1.78. The Kier molecular flexibility index (Phi) is 4.30. The van der Waals surface area contributed by atoms with Gasteiger partial charge >= 0.3 is 0 Å². The van der Waals surface area contributed by atoms with Crippen molar-refractivity contribution >= 4 is 5.95 Å². The van der Waals surface area contributed by atoms with Crippen molar-refractivity contribution in [3.8, 4) is 5.69 Å². The number of aryl methyl sites for hydroxylation is 1. The van der Waals surface area contributed by atoms with Crippen LogP contribution in [0.25, 0.3) is 5.69 Å². The zero-order chi connectivity index (χ0) is 12.8. The van der Waals surface area contributed by atoms with Gasteiger partial charge in [-0.3, -0.25) is 9.55 Å². The number of methoxy groups -OCH3 is 1. The molecule has 0 aliphatic heterocycles. The van der Waals surface area contributed by atoms with Crippen molar-refractivity contribution in [1.29, 1.82) is 0 Å². The molecular weight excluding hydrogens is 228 g/mol. The van der Waals surface area contributed by atoms with Gasteiger partial charge in [-0.2, -0.15) is 0 Å². The molecule has 0 saturated heterocycles. The van der Waals surface area contributed by atoms with Gasteiger partial charge in [-0.05, 0) is 25.5 Å². The molecule has 2 heterocycles. The maximum atomic E-state index is 5.02. The maximum absolute atomic E-state index is 5.02. The molecule has 0 radical (unpaired) electrons. The lowest BCUT2D eigenvalue weighted by Gasteiger charge is -2.11. The minimum Gasteiger partial charge on any atom is -0.385 e. The molecule has 2 aromatic heterocycles. The summed E-state index contributed by atoms with van der Waals surface area (Å²) in [5.74, 6) is 0.835. The van der Waals surface area contributed by atoms with E-state index in [1.165, 1.54) is 0 Å². The van der Waals surface area contributed by atoms with Crippen molar-refractivity contribution in [3.63, 3.8) is 0 Å². The van der Waals surface area contributed by atoms with Gasteiger partial charge in [0.15, 0.2) is 0 Å². The average molecular weight is 246 g/mol. The van der Waals surface area contributed by atoms with Gasteiger partial charge in [0.25, 0.3) is 0 Å². The third-order valence-electron chi connectivity index (χ3n) is 2.69. The summed E-state index contributed by atoms with van der Waals surface area (Å²) in [6.45, 7) is 3.58. The van der Waals surface area contributed by atoms with Crippen molar-refractivity contribution in [1.82, 2.24) is 14.5 Å². The third-order valence-corrected chi connectivity index (χ3v) is 2.69. The van der Waals surface area contributed by atoms with Crippen LogP contribution < -0.4 is 5.32 Å². The number of ether oxygens (including phenoxy) is 1. The normalized spacial score (nSPS) is 10.6. The van der Waals surface area contributed by atoms with Crippen molar-refractivity contribution in [2.45, 2.75) is 13.3 Å². The van der Waals surface area contributed by atoms with E-state index in [1.807, 2.05) is 29.8 Å². The first kappa shape index (κ1) is 12.6. The summed E-state index contributed by atoms with van der Waals surface area (Å²) >= 11 is 0. The largest absolute Gasteiger partial charge is 0.385 e. The van der Waals surface area contributed by atoms with E-state index in [0.717, 1.165) is 36.9 Å². The Hall–Kier alpha value is -1.88. The highest BCUT2D eigenvalue weighted by Crippen LogP contribution is 2.16. The van der Waals surface area contributed by atoms with E-state index < -0.39 is 0 Å². The molecule has 0 bridgehead atoms. The molecule has 0 aliphatic rings. The van der Waals surface area contributed by atoms with Gasteiger partial charge in [-0.25, -0.2) is 4.98 Å². The predicted octanol–water partition coefficient (Wildman–Crippen LogP) is 2.02. The van der Waals surface area contributed by atoms with E-state index in [1.54, 1.807) is 19.5 Å². The first-order valence-electron chi connectivity index (χ1n) is 6.01. The van der Waals surface area contributed by atoms with Gasteiger partial charge in [0, 0.05) is 38.9 Å². The molecule has 0 spiro atoms. The van der Waals surface area contributed by atoms with E-state index in [4.69, 9.17) is 4.74 Å². The van der Waals surface area contributed by atoms with Gasteiger partial charge in [-0.1, -0.05) is 0 Å². The van der Waals surface area contributed by atoms with Crippen LogP contribution in [0.4, 0.5) is 5.95 Å². The second-order valence-corrected chi connectivity index (χ2v) is 4.00. The maximum Gasteiger partial charge on any atom is 0.207 e. The Balaban J connectivity index is 2.10. The highest BCUT2D eigenvalue weighted by atomic mass is 16.5. The van der Waals surface area contributed by atoms with E-state index in [9.17, 15) is 0 Å². The van der Waals surface area contributed by atoms with Crippen molar-refractivity contribution < 1.29 is 4.74 Å². The van der Waals surface area contributed by atoms with Crippen molar-refractivity contribution in [2.24, 2.45) is 0 Å². The Bertz CT molecular complexity index is 495. The number of aromatic nitrogens is 3. The van der Waals surface area contributed by atoms with Crippen LogP contribution in [-0.2, 0) is 4.74 Å². The minimum absolute atomic E-state index is 0.750. The zero-order valence-electron chi connectivity index (χ0n) is 10.8. The molecule has 5 heteroatoms. The topological polar surface area (TPSA) is 52.0 Å². The molecule has 0 aromatic carbocycles. The Morgan fingerprint density at radius 1 is 1.33 bits per heavy atom. The zero-order valence-corrected chi connectivity index (χ0v) is 10.8. The van der Waals surface area contributed by atoms with Gasteiger partial charge in [0.05, 0.1) is 11.4 Å². The molecule has 2 rings (SSSR count). The summed E-state index contributed by atoms with van der Waals surface area (Å²) < 4.78 is 7.03. The van der Waals surface area contributed by atoms with Crippen LogP contribution >= 0.6 is 0 Å². The number of pyridine rings is 1. The number of hydrogen-bond donors (Lipinski definition) is 1. The SMILES string of the molecule is COCCCNc1nccn1-c1cccnc1C. The Morgan fingerprint density at radius 3 is 3.00 bits per heavy atom. The standard InChI is InChI=1S/C13H18N4O/c1-11-12(5-3-6-14-11)17-9-8-16-13(17)15-7-4-10-18-2/h3,5-6,8-9H,4,7,10H2,1-2H3,(H,15,16). The van der Waals surface area contributed by atoms with Crippen LogP contribution in [-0.4, -0.2) is 34.8 Å². The third kappa shape index (κ3) is 2.87. The monoisotopic (exact) mass is 246 g/mol. The number of nitrogens with one attached hydrogen (secondary N) is 1. The fourth-order valence-electron chi connectivity index (χ4n) is 1.78. The van der Waals surface area contributed by atoms with E-state index in [0.29, 0.717) is 0 Å². The molecule has 0 saturated carbocycles. The van der Waals surface area contributed by atoms with Gasteiger partial charge in [0.2, 0.25) is 5.95 Å². The first-order chi connectivity index (χ1) is 8.83. The van der Waals surface area contributed by atoms with Gasteiger partial charge in [0.1, 0.15) is 0 Å². The van der Waals surface area contributed by atoms with E-state index in [2.05, 4.69) is 15.3 Å². The van der Waals surface area contributed by atoms with Gasteiger partial charge < -0.3 is 10.1 Å². The molecule has 2 aromatic rings. The van der Waals surface area contributed by atoms with Crippen molar-refractivity contribution in [3.05, 3.63) is 36.4 Å². The molecule has 96 valence electrons. The summed E-state index contributed by atoms with van der Waals surface area (Å²) in [7, 11) is 1.71. The second kappa shape index (κ2) is 6.16. The Labute approximate surface area is 107 Å². The number of rotatable bonds is 6. The lowest BCUT2D eigenvalue weighted by Crippen LogP contribution is -2.10. The number of imidazole rings is 1. The Morgan fingerprint density at radius 2 is 2.22 bits per heavy atom. The summed E-state index contributed by atoms with van der Waals surface area (Å²) in [5, 5.41) is 3.30. The van der Waals surface area contributed by atoms with E-state index in [-0.39, 0.29) is 0 Å². The number of anilines is 1. The first-order valence-corrected chi connectivity index (χ1v) is 6.01. The lowest BCUT2D eigenvalue weighted by atomic mass is 10.3. The van der Waals surface area contributed by atoms with Crippen LogP contribution in [0, 0.1) is 6.92 Å². The predicted molar refractivity (Wildman–Crippen MR) is 71.1 cm³/mol. The van der Waals surface area contributed by atoms with Crippen LogP contribution in [0.15, 0.2) is 30.7 Å². The fraction of sp³-hybridized carbons (Fsp3) is 0.385. The quantitative estimate of drug-likeness (QED) is 0.792. The summed E-state index contributed by atoms with van der Waals surface area (Å²) in [4.78, 5) is 8.60. The molecule has 18 heavy (non-hydrogen) atoms. The summed E-state index contributed by atoms with van der Waals surface area (Å²) in [6, 6.07) is 3.96. The molecule has 0 atom stereocenters. The molecule has 5 nitrogen and oxygen atoms in total. The number of hydrogen-bond acceptors (Lipinski definition) is 4. The van der Waals surface area contributed by atoms with Crippen LogP contribution in [0.5, 0.6) is 0 Å². The van der Waals surface area contributed by atoms with Gasteiger partial charge in [-0.15, -0.1) is 0 Å². The molecule has 0 unspecified atom stereocenters. The minimum atomic E-state index is 0.750. The summed E-state index contributed by atoms with van der Waals surface area (Å²) in [6.07, 6.45) is 6.46. The lowest BCUT2D eigenvalue weighted by molar-refractivity contribution is 0.197. The van der Waals surface area contributed by atoms with Crippen LogP contribution in [0.2, 0.25) is 0 Å². The molecule has 0 fully saturated rings. The molecular formula is C13H18N4O. The van der Waals surface area contributed by atoms with Crippen LogP contribution in [0.3, 0.4) is 0 Å². The van der Waals surface area contributed by atoms with Crippen molar-refractivity contribution in [2.75, 3.05) is 25.6 Å². The summed E-state index contributed by atoms with van der Waals surface area (Å²) in [5.41, 5.74) is 2.03.